The molecule has 1 aromatic heterocycles. The van der Waals surface area contributed by atoms with Crippen LogP contribution in [0.3, 0.4) is 0 Å². The molecule has 7 nitrogen and oxygen atoms in total. The summed E-state index contributed by atoms with van der Waals surface area (Å²) in [5, 5.41) is 15.8. The Bertz CT molecular complexity index is 926. The summed E-state index contributed by atoms with van der Waals surface area (Å²) >= 11 is 0. The summed E-state index contributed by atoms with van der Waals surface area (Å²) in [5.41, 5.74) is 1.27. The fraction of sp³-hybridized carbons (Fsp3) is 0.316. The molecule has 0 aliphatic carbocycles. The normalized spacial score (nSPS) is 11.5. The first-order valence-corrected chi connectivity index (χ1v) is 8.15. The van der Waals surface area contributed by atoms with E-state index in [1.54, 1.807) is 13.8 Å². The number of aromatic nitrogens is 2. The van der Waals surface area contributed by atoms with E-state index in [0.717, 1.165) is 10.2 Å². The average Bonchev–Trinajstić information content (AvgIpc) is 2.60. The number of hydrogen-bond donors (Lipinski definition) is 1. The van der Waals surface area contributed by atoms with E-state index in [0.29, 0.717) is 17.7 Å². The molecule has 26 heavy (non-hydrogen) atoms. The zero-order valence-corrected chi connectivity index (χ0v) is 14.9. The van der Waals surface area contributed by atoms with Crippen LogP contribution in [0.15, 0.2) is 35.1 Å². The highest BCUT2D eigenvalue weighted by Gasteiger charge is 2.19. The van der Waals surface area contributed by atoms with Crippen LogP contribution in [-0.2, 0) is 22.6 Å². The average molecular weight is 352 g/mol. The SMILES string of the molecule is CC(=O)[C@@H](Cc1ccccc1)NC(=O)Cn1nc(C)c(C)c(C#N)c1=O. The summed E-state index contributed by atoms with van der Waals surface area (Å²) in [7, 11) is 0. The second-order valence-electron chi connectivity index (χ2n) is 6.08. The van der Waals surface area contributed by atoms with Gasteiger partial charge < -0.3 is 5.32 Å². The molecule has 1 aromatic carbocycles. The van der Waals surface area contributed by atoms with Crippen molar-refractivity contribution in [3.05, 3.63) is 63.1 Å². The molecule has 0 radical (unpaired) electrons. The molecule has 1 N–H and O–H groups in total. The molecule has 0 spiro atoms. The summed E-state index contributed by atoms with van der Waals surface area (Å²) in [6, 6.07) is 10.5. The number of carbonyl (C=O) groups is 2. The van der Waals surface area contributed by atoms with E-state index in [4.69, 9.17) is 5.26 Å². The number of nitrogens with one attached hydrogen (secondary N) is 1. The summed E-state index contributed by atoms with van der Waals surface area (Å²) in [5.74, 6) is -0.691. The molecule has 2 aromatic rings. The molecule has 0 bridgehead atoms. The quantitative estimate of drug-likeness (QED) is 0.836. The number of nitriles is 1. The Hall–Kier alpha value is -3.27. The number of hydrogen-bond acceptors (Lipinski definition) is 5. The van der Waals surface area contributed by atoms with Gasteiger partial charge in [0.1, 0.15) is 18.2 Å². The highest BCUT2D eigenvalue weighted by molar-refractivity contribution is 5.87. The Morgan fingerprint density at radius 3 is 2.50 bits per heavy atom. The minimum atomic E-state index is -0.692. The maximum atomic E-state index is 12.3. The van der Waals surface area contributed by atoms with Crippen molar-refractivity contribution in [1.29, 1.82) is 5.26 Å². The van der Waals surface area contributed by atoms with Crippen LogP contribution >= 0.6 is 0 Å². The van der Waals surface area contributed by atoms with Gasteiger partial charge in [-0.25, -0.2) is 4.68 Å². The molecular weight excluding hydrogens is 332 g/mol. The first-order chi connectivity index (χ1) is 12.3. The van der Waals surface area contributed by atoms with Crippen molar-refractivity contribution in [2.24, 2.45) is 0 Å². The lowest BCUT2D eigenvalue weighted by Gasteiger charge is -2.16. The van der Waals surface area contributed by atoms with Gasteiger partial charge in [-0.05, 0) is 38.3 Å². The first kappa shape index (κ1) is 19.1. The largest absolute Gasteiger partial charge is 0.344 e. The minimum absolute atomic E-state index is 0.0299. The predicted octanol–water partition coefficient (Wildman–Crippen LogP) is 1.05. The lowest BCUT2D eigenvalue weighted by Crippen LogP contribution is -2.44. The molecule has 2 rings (SSSR count). The van der Waals surface area contributed by atoms with Crippen LogP contribution in [0.5, 0.6) is 0 Å². The number of amides is 1. The number of rotatable bonds is 6. The zero-order valence-electron chi connectivity index (χ0n) is 14.9. The van der Waals surface area contributed by atoms with E-state index < -0.39 is 17.5 Å². The lowest BCUT2D eigenvalue weighted by molar-refractivity contribution is -0.127. The van der Waals surface area contributed by atoms with Crippen molar-refractivity contribution in [3.8, 4) is 6.07 Å². The Morgan fingerprint density at radius 1 is 1.27 bits per heavy atom. The number of nitrogens with zero attached hydrogens (tertiary/aromatic N) is 3. The van der Waals surface area contributed by atoms with E-state index in [9.17, 15) is 14.4 Å². The van der Waals surface area contributed by atoms with Gasteiger partial charge in [0.2, 0.25) is 5.91 Å². The van der Waals surface area contributed by atoms with Gasteiger partial charge in [0.15, 0.2) is 5.78 Å². The maximum Gasteiger partial charge on any atom is 0.285 e. The summed E-state index contributed by atoms with van der Waals surface area (Å²) < 4.78 is 0.954. The number of carbonyl (C=O) groups excluding carboxylic acids is 2. The molecule has 0 saturated carbocycles. The fourth-order valence-corrected chi connectivity index (χ4v) is 2.53. The van der Waals surface area contributed by atoms with Crippen LogP contribution in [-0.4, -0.2) is 27.5 Å². The van der Waals surface area contributed by atoms with Gasteiger partial charge in [-0.2, -0.15) is 10.4 Å². The molecule has 0 aliphatic heterocycles. The van der Waals surface area contributed by atoms with Crippen LogP contribution < -0.4 is 10.9 Å². The van der Waals surface area contributed by atoms with E-state index in [1.807, 2.05) is 36.4 Å². The molecule has 1 atom stereocenters. The molecule has 1 amide bonds. The van der Waals surface area contributed by atoms with Gasteiger partial charge in [-0.3, -0.25) is 14.4 Å². The Balaban J connectivity index is 2.17. The Morgan fingerprint density at radius 2 is 1.92 bits per heavy atom. The van der Waals surface area contributed by atoms with Crippen molar-refractivity contribution in [2.75, 3.05) is 0 Å². The lowest BCUT2D eigenvalue weighted by atomic mass is 10.0. The third-order valence-electron chi connectivity index (χ3n) is 4.15. The van der Waals surface area contributed by atoms with Crippen LogP contribution in [0.1, 0.15) is 29.3 Å². The molecule has 0 fully saturated rings. The summed E-state index contributed by atoms with van der Waals surface area (Å²) in [6.07, 6.45) is 0.362. The van der Waals surface area contributed by atoms with Crippen LogP contribution in [0, 0.1) is 25.2 Å². The van der Waals surface area contributed by atoms with Crippen molar-refractivity contribution in [1.82, 2.24) is 15.1 Å². The Kier molecular flexibility index (Phi) is 6.02. The van der Waals surface area contributed by atoms with Crippen molar-refractivity contribution in [3.63, 3.8) is 0 Å². The van der Waals surface area contributed by atoms with Crippen molar-refractivity contribution >= 4 is 11.7 Å². The highest BCUT2D eigenvalue weighted by Crippen LogP contribution is 2.06. The van der Waals surface area contributed by atoms with Gasteiger partial charge in [0.25, 0.3) is 5.56 Å². The van der Waals surface area contributed by atoms with Crippen molar-refractivity contribution < 1.29 is 9.59 Å². The molecule has 134 valence electrons. The van der Waals surface area contributed by atoms with Gasteiger partial charge >= 0.3 is 0 Å². The second kappa shape index (κ2) is 8.21. The molecule has 0 saturated heterocycles. The predicted molar refractivity (Wildman–Crippen MR) is 95.4 cm³/mol. The standard InChI is InChI=1S/C19H20N4O3/c1-12-13(2)22-23(19(26)16(12)10-20)11-18(25)21-17(14(3)24)9-15-7-5-4-6-8-15/h4-8,17H,9,11H2,1-3H3,(H,21,25)/t17-/m1/s1. The Labute approximate surface area is 151 Å². The number of ketones is 1. The monoisotopic (exact) mass is 352 g/mol. The van der Waals surface area contributed by atoms with E-state index in [2.05, 4.69) is 10.4 Å². The first-order valence-electron chi connectivity index (χ1n) is 8.15. The van der Waals surface area contributed by atoms with Gasteiger partial charge in [-0.1, -0.05) is 30.3 Å². The van der Waals surface area contributed by atoms with E-state index in [1.165, 1.54) is 6.92 Å². The number of Topliss-reactive ketones (excluding diaryl/α,β-unsaturated/α-hetero) is 1. The molecule has 0 aliphatic rings. The number of aryl methyl sites for hydroxylation is 1. The smallest absolute Gasteiger partial charge is 0.285 e. The molecule has 0 unspecified atom stereocenters. The van der Waals surface area contributed by atoms with Crippen molar-refractivity contribution in [2.45, 2.75) is 39.8 Å². The zero-order chi connectivity index (χ0) is 19.3. The number of benzene rings is 1. The maximum absolute atomic E-state index is 12.3. The molecule has 7 heteroatoms. The van der Waals surface area contributed by atoms with Crippen LogP contribution in [0.2, 0.25) is 0 Å². The van der Waals surface area contributed by atoms with Crippen LogP contribution in [0.4, 0.5) is 0 Å². The minimum Gasteiger partial charge on any atom is -0.344 e. The van der Waals surface area contributed by atoms with Crippen LogP contribution in [0.25, 0.3) is 0 Å². The molecule has 1 heterocycles. The van der Waals surface area contributed by atoms with E-state index in [-0.39, 0.29) is 17.9 Å². The fourth-order valence-electron chi connectivity index (χ4n) is 2.53. The second-order valence-corrected chi connectivity index (χ2v) is 6.08. The van der Waals surface area contributed by atoms with E-state index >= 15 is 0 Å². The van der Waals surface area contributed by atoms with Gasteiger partial charge in [-0.15, -0.1) is 0 Å². The topological polar surface area (TPSA) is 105 Å². The highest BCUT2D eigenvalue weighted by atomic mass is 16.2. The third kappa shape index (κ3) is 4.42. The summed E-state index contributed by atoms with van der Waals surface area (Å²) in [6.45, 7) is 4.35. The third-order valence-corrected chi connectivity index (χ3v) is 4.15. The van der Waals surface area contributed by atoms with Gasteiger partial charge in [0, 0.05) is 0 Å². The summed E-state index contributed by atoms with van der Waals surface area (Å²) in [4.78, 5) is 36.4. The molecular formula is C19H20N4O3. The van der Waals surface area contributed by atoms with Gasteiger partial charge in [0.05, 0.1) is 11.7 Å².